The van der Waals surface area contributed by atoms with Crippen molar-refractivity contribution in [2.24, 2.45) is 5.73 Å². The van der Waals surface area contributed by atoms with E-state index in [1.54, 1.807) is 0 Å². The molecule has 0 aromatic carbocycles. The molecule has 24 heavy (non-hydrogen) atoms. The van der Waals surface area contributed by atoms with E-state index in [1.807, 2.05) is 0 Å². The third kappa shape index (κ3) is 2.75. The number of guanidine groups is 1. The smallest absolute Gasteiger partial charge is 0.219 e. The van der Waals surface area contributed by atoms with E-state index in [0.717, 1.165) is 6.33 Å². The normalized spacial score (nSPS) is 26.3. The van der Waals surface area contributed by atoms with E-state index in [9.17, 15) is 15.4 Å². The van der Waals surface area contributed by atoms with Gasteiger partial charge in [-0.3, -0.25) is 15.2 Å². The number of aromatic nitrogens is 4. The van der Waals surface area contributed by atoms with E-state index in [0.29, 0.717) is 5.06 Å². The molecule has 1 fully saturated rings. The molecule has 0 spiro atoms. The molecule has 0 aliphatic carbocycles. The molecule has 12 nitrogen and oxygen atoms in total. The summed E-state index contributed by atoms with van der Waals surface area (Å²) in [6.07, 6.45) is -2.16. The number of hydroxylamine groups is 1. The first-order valence-corrected chi connectivity index (χ1v) is 6.58. The Balaban J connectivity index is 0.00000208. The molecule has 2 aromatic rings. The fraction of sp³-hybridized carbons (Fsp3) is 0.455. The van der Waals surface area contributed by atoms with Gasteiger partial charge in [-0.2, -0.15) is 5.06 Å². The summed E-state index contributed by atoms with van der Waals surface area (Å²) in [6, 6.07) is 0. The van der Waals surface area contributed by atoms with Gasteiger partial charge in [0.25, 0.3) is 0 Å². The third-order valence-electron chi connectivity index (χ3n) is 3.56. The van der Waals surface area contributed by atoms with Crippen molar-refractivity contribution < 1.29 is 25.3 Å². The van der Waals surface area contributed by atoms with Crippen LogP contribution in [-0.2, 0) is 4.74 Å². The second kappa shape index (κ2) is 6.80. The van der Waals surface area contributed by atoms with Crippen LogP contribution in [0.4, 0.5) is 5.82 Å². The summed E-state index contributed by atoms with van der Waals surface area (Å²) in [6.45, 7) is -0.462. The van der Waals surface area contributed by atoms with Gasteiger partial charge in [-0.15, -0.1) is 12.4 Å². The SMILES string of the molecule is Cl.N=C(N)N(O)c1ncnc2c1ncn2[C@@H]1O[C@H](CO)[C@@H](O)[C@H]1O. The molecule has 3 heterocycles. The summed E-state index contributed by atoms with van der Waals surface area (Å²) in [5.41, 5.74) is 5.50. The van der Waals surface area contributed by atoms with Crippen LogP contribution in [0.5, 0.6) is 0 Å². The number of ether oxygens (including phenoxy) is 1. The van der Waals surface area contributed by atoms with Crippen LogP contribution in [0.3, 0.4) is 0 Å². The van der Waals surface area contributed by atoms with Gasteiger partial charge >= 0.3 is 0 Å². The number of aliphatic hydroxyl groups excluding tert-OH is 3. The lowest BCUT2D eigenvalue weighted by Gasteiger charge is -2.17. The van der Waals surface area contributed by atoms with Crippen molar-refractivity contribution in [3.63, 3.8) is 0 Å². The maximum atomic E-state index is 10.1. The van der Waals surface area contributed by atoms with E-state index in [1.165, 1.54) is 10.9 Å². The Kier molecular flexibility index (Phi) is 5.17. The zero-order valence-electron chi connectivity index (χ0n) is 12.1. The summed E-state index contributed by atoms with van der Waals surface area (Å²) in [5, 5.41) is 46.3. The highest BCUT2D eigenvalue weighted by molar-refractivity contribution is 5.96. The minimum absolute atomic E-state index is 0. The fourth-order valence-electron chi connectivity index (χ4n) is 2.40. The predicted octanol–water partition coefficient (Wildman–Crippen LogP) is -2.05. The summed E-state index contributed by atoms with van der Waals surface area (Å²) in [7, 11) is 0. The number of hydrogen-bond acceptors (Lipinski definition) is 9. The number of halogens is 1. The van der Waals surface area contributed by atoms with Gasteiger partial charge in [0.15, 0.2) is 23.2 Å². The zero-order chi connectivity index (χ0) is 16.7. The third-order valence-corrected chi connectivity index (χ3v) is 3.56. The lowest BCUT2D eigenvalue weighted by Crippen LogP contribution is -2.34. The van der Waals surface area contributed by atoms with Crippen LogP contribution in [0, 0.1) is 5.41 Å². The van der Waals surface area contributed by atoms with Crippen molar-refractivity contribution in [1.82, 2.24) is 19.5 Å². The maximum absolute atomic E-state index is 10.1. The van der Waals surface area contributed by atoms with Gasteiger partial charge in [0.2, 0.25) is 5.96 Å². The molecule has 0 saturated carbocycles. The molecule has 0 bridgehead atoms. The molecule has 4 atom stereocenters. The molecule has 0 unspecified atom stereocenters. The molecule has 0 radical (unpaired) electrons. The van der Waals surface area contributed by atoms with E-state index >= 15 is 0 Å². The minimum atomic E-state index is -1.30. The van der Waals surface area contributed by atoms with Crippen LogP contribution in [0.1, 0.15) is 6.23 Å². The number of nitrogens with one attached hydrogen (secondary N) is 1. The highest BCUT2D eigenvalue weighted by Gasteiger charge is 2.44. The first-order valence-electron chi connectivity index (χ1n) is 6.58. The molecule has 2 aromatic heterocycles. The van der Waals surface area contributed by atoms with Gasteiger partial charge in [-0.05, 0) is 0 Å². The number of rotatable bonds is 3. The number of fused-ring (bicyclic) bond motifs is 1. The molecule has 1 saturated heterocycles. The highest BCUT2D eigenvalue weighted by Crippen LogP contribution is 2.32. The molecule has 3 rings (SSSR count). The monoisotopic (exact) mass is 361 g/mol. The van der Waals surface area contributed by atoms with Crippen LogP contribution < -0.4 is 10.8 Å². The summed E-state index contributed by atoms with van der Waals surface area (Å²) < 4.78 is 6.74. The average molecular weight is 362 g/mol. The van der Waals surface area contributed by atoms with E-state index < -0.39 is 37.1 Å². The molecular formula is C11H16ClN7O5. The number of nitrogens with two attached hydrogens (primary N) is 1. The predicted molar refractivity (Wildman–Crippen MR) is 81.8 cm³/mol. The number of nitrogens with zero attached hydrogens (tertiary/aromatic N) is 5. The Morgan fingerprint density at radius 3 is 2.62 bits per heavy atom. The van der Waals surface area contributed by atoms with Crippen molar-refractivity contribution in [3.05, 3.63) is 12.7 Å². The van der Waals surface area contributed by atoms with Crippen LogP contribution in [0.25, 0.3) is 11.2 Å². The molecule has 7 N–H and O–H groups in total. The van der Waals surface area contributed by atoms with E-state index in [-0.39, 0.29) is 29.4 Å². The van der Waals surface area contributed by atoms with Crippen LogP contribution >= 0.6 is 12.4 Å². The van der Waals surface area contributed by atoms with Gasteiger partial charge in [0.1, 0.15) is 24.6 Å². The van der Waals surface area contributed by atoms with Gasteiger partial charge in [-0.25, -0.2) is 15.0 Å². The maximum Gasteiger partial charge on any atom is 0.219 e. The quantitative estimate of drug-likeness (QED) is 0.202. The number of imidazole rings is 1. The molecule has 132 valence electrons. The Bertz CT molecular complexity index is 743. The van der Waals surface area contributed by atoms with E-state index in [4.69, 9.17) is 21.0 Å². The van der Waals surface area contributed by atoms with Crippen molar-refractivity contribution in [2.45, 2.75) is 24.5 Å². The van der Waals surface area contributed by atoms with E-state index in [2.05, 4.69) is 15.0 Å². The van der Waals surface area contributed by atoms with Crippen molar-refractivity contribution in [1.29, 1.82) is 5.41 Å². The molecule has 13 heteroatoms. The first kappa shape index (κ1) is 18.3. The highest BCUT2D eigenvalue weighted by atomic mass is 35.5. The number of aliphatic hydroxyl groups is 3. The zero-order valence-corrected chi connectivity index (χ0v) is 12.9. The number of anilines is 1. The van der Waals surface area contributed by atoms with Crippen LogP contribution in [0.15, 0.2) is 12.7 Å². The standard InChI is InChI=1S/C11H15N7O5.ClH/c12-11(13)18(22)9-5-8(14-2-15-9)17(3-16-5)10-7(21)6(20)4(1-19)23-10;/h2-4,6-7,10,19-22H,1H2,(H3,12,13);1H/t4-,6-,7-,10-;/m1./s1. The first-order chi connectivity index (χ1) is 11.0. The van der Waals surface area contributed by atoms with Crippen LogP contribution in [0.2, 0.25) is 0 Å². The summed E-state index contributed by atoms with van der Waals surface area (Å²) >= 11 is 0. The van der Waals surface area contributed by atoms with Gasteiger partial charge in [-0.1, -0.05) is 0 Å². The van der Waals surface area contributed by atoms with Crippen molar-refractivity contribution in [3.8, 4) is 0 Å². The minimum Gasteiger partial charge on any atom is -0.394 e. The van der Waals surface area contributed by atoms with Gasteiger partial charge in [0.05, 0.1) is 12.9 Å². The lowest BCUT2D eigenvalue weighted by atomic mass is 10.1. The van der Waals surface area contributed by atoms with Crippen molar-refractivity contribution in [2.75, 3.05) is 11.7 Å². The lowest BCUT2D eigenvalue weighted by molar-refractivity contribution is -0.0511. The molecule has 1 aliphatic rings. The second-order valence-electron chi connectivity index (χ2n) is 4.95. The second-order valence-corrected chi connectivity index (χ2v) is 4.95. The average Bonchev–Trinajstić information content (AvgIpc) is 3.08. The summed E-state index contributed by atoms with van der Waals surface area (Å²) in [4.78, 5) is 11.8. The Morgan fingerprint density at radius 1 is 1.33 bits per heavy atom. The largest absolute Gasteiger partial charge is 0.394 e. The van der Waals surface area contributed by atoms with Crippen molar-refractivity contribution >= 4 is 35.3 Å². The van der Waals surface area contributed by atoms with Gasteiger partial charge < -0.3 is 25.8 Å². The Morgan fingerprint density at radius 2 is 2.04 bits per heavy atom. The molecular weight excluding hydrogens is 346 g/mol. The summed E-state index contributed by atoms with van der Waals surface area (Å²) in [5.74, 6) is -0.777. The van der Waals surface area contributed by atoms with Crippen LogP contribution in [-0.4, -0.2) is 70.9 Å². The number of hydrogen-bond donors (Lipinski definition) is 6. The topological polar surface area (TPSA) is 187 Å². The molecule has 0 amide bonds. The van der Waals surface area contributed by atoms with Gasteiger partial charge in [0, 0.05) is 0 Å². The fourth-order valence-corrected chi connectivity index (χ4v) is 2.40. The molecule has 1 aliphatic heterocycles. The Labute approximate surface area is 141 Å². The Hall–Kier alpha value is -2.09.